The zero-order chi connectivity index (χ0) is 14.5. The summed E-state index contributed by atoms with van der Waals surface area (Å²) >= 11 is 0. The molecule has 0 spiro atoms. The largest absolute Gasteiger partial charge is 0.478 e. The normalized spacial score (nSPS) is 17.1. The van der Waals surface area contributed by atoms with E-state index in [0.717, 1.165) is 26.2 Å². The summed E-state index contributed by atoms with van der Waals surface area (Å²) in [6, 6.07) is 0. The Morgan fingerprint density at radius 3 is 2.75 bits per heavy atom. The summed E-state index contributed by atoms with van der Waals surface area (Å²) in [5.74, 6) is 0.173. The van der Waals surface area contributed by atoms with Crippen LogP contribution in [0.15, 0.2) is 6.20 Å². The number of rotatable bonds is 5. The number of nitrogens with zero attached hydrogens (tertiary/aromatic N) is 3. The van der Waals surface area contributed by atoms with Gasteiger partial charge in [-0.1, -0.05) is 6.92 Å². The molecule has 0 bridgehead atoms. The van der Waals surface area contributed by atoms with E-state index in [0.29, 0.717) is 17.6 Å². The van der Waals surface area contributed by atoms with Crippen LogP contribution in [0.3, 0.4) is 0 Å². The highest BCUT2D eigenvalue weighted by Crippen LogP contribution is 2.17. The second-order valence-corrected chi connectivity index (χ2v) is 5.26. The summed E-state index contributed by atoms with van der Waals surface area (Å²) in [5, 5.41) is 12.2. The Morgan fingerprint density at radius 1 is 1.50 bits per heavy atom. The third-order valence-electron chi connectivity index (χ3n) is 3.91. The maximum atomic E-state index is 10.9. The zero-order valence-corrected chi connectivity index (χ0v) is 12.1. The van der Waals surface area contributed by atoms with Crippen molar-refractivity contribution in [2.45, 2.75) is 26.7 Å². The molecule has 20 heavy (non-hydrogen) atoms. The average molecular weight is 278 g/mol. The molecule has 1 aliphatic rings. The van der Waals surface area contributed by atoms with Gasteiger partial charge in [0.05, 0.1) is 11.3 Å². The maximum absolute atomic E-state index is 10.9. The second-order valence-electron chi connectivity index (χ2n) is 5.26. The van der Waals surface area contributed by atoms with Crippen LogP contribution < -0.4 is 5.32 Å². The molecule has 1 aliphatic heterocycles. The number of hydrogen-bond acceptors (Lipinski definition) is 5. The molecule has 1 aromatic heterocycles. The first-order chi connectivity index (χ1) is 9.60. The molecule has 6 heteroatoms. The number of anilines is 1. The lowest BCUT2D eigenvalue weighted by Gasteiger charge is -2.31. The number of piperidine rings is 1. The van der Waals surface area contributed by atoms with E-state index >= 15 is 0 Å². The Bertz CT molecular complexity index is 470. The summed E-state index contributed by atoms with van der Waals surface area (Å²) in [6.07, 6.45) is 3.74. The quantitative estimate of drug-likeness (QED) is 0.852. The number of carbonyl (C=O) groups is 1. The number of aryl methyl sites for hydroxylation is 1. The zero-order valence-electron chi connectivity index (χ0n) is 12.1. The molecule has 0 amide bonds. The number of hydrogen-bond donors (Lipinski definition) is 2. The van der Waals surface area contributed by atoms with Gasteiger partial charge in [0.25, 0.3) is 0 Å². The molecule has 2 heterocycles. The van der Waals surface area contributed by atoms with Gasteiger partial charge in [0.2, 0.25) is 5.95 Å². The van der Waals surface area contributed by atoms with Crippen molar-refractivity contribution in [2.75, 3.05) is 31.5 Å². The Labute approximate surface area is 119 Å². The van der Waals surface area contributed by atoms with Crippen molar-refractivity contribution < 1.29 is 9.90 Å². The number of aromatic carboxylic acids is 1. The molecule has 0 saturated carbocycles. The average Bonchev–Trinajstić information content (AvgIpc) is 2.45. The monoisotopic (exact) mass is 278 g/mol. The molecule has 110 valence electrons. The van der Waals surface area contributed by atoms with Crippen LogP contribution in [-0.4, -0.2) is 52.1 Å². The van der Waals surface area contributed by atoms with Gasteiger partial charge in [0.1, 0.15) is 0 Å². The van der Waals surface area contributed by atoms with Gasteiger partial charge in [-0.05, 0) is 45.3 Å². The third-order valence-corrected chi connectivity index (χ3v) is 3.91. The van der Waals surface area contributed by atoms with Gasteiger partial charge in [0, 0.05) is 12.7 Å². The maximum Gasteiger partial charge on any atom is 0.339 e. The van der Waals surface area contributed by atoms with Gasteiger partial charge in [-0.3, -0.25) is 0 Å². The van der Waals surface area contributed by atoms with E-state index in [4.69, 9.17) is 5.11 Å². The predicted molar refractivity (Wildman–Crippen MR) is 77.1 cm³/mol. The van der Waals surface area contributed by atoms with Crippen LogP contribution in [0, 0.1) is 12.8 Å². The van der Waals surface area contributed by atoms with Gasteiger partial charge >= 0.3 is 5.97 Å². The first-order valence-electron chi connectivity index (χ1n) is 7.13. The molecule has 1 fully saturated rings. The fourth-order valence-corrected chi connectivity index (χ4v) is 2.50. The Morgan fingerprint density at radius 2 is 2.20 bits per heavy atom. The third kappa shape index (κ3) is 3.66. The number of aromatic nitrogens is 2. The van der Waals surface area contributed by atoms with Crippen LogP contribution in [0.1, 0.15) is 35.8 Å². The van der Waals surface area contributed by atoms with Crippen molar-refractivity contribution in [3.63, 3.8) is 0 Å². The van der Waals surface area contributed by atoms with E-state index in [1.807, 2.05) is 0 Å². The minimum absolute atomic E-state index is 0.159. The highest BCUT2D eigenvalue weighted by molar-refractivity contribution is 5.88. The van der Waals surface area contributed by atoms with Crippen LogP contribution in [0.5, 0.6) is 0 Å². The summed E-state index contributed by atoms with van der Waals surface area (Å²) in [5.41, 5.74) is 0.655. The molecule has 1 saturated heterocycles. The first-order valence-corrected chi connectivity index (χ1v) is 7.13. The minimum Gasteiger partial charge on any atom is -0.478 e. The van der Waals surface area contributed by atoms with Crippen LogP contribution in [0.2, 0.25) is 0 Å². The van der Waals surface area contributed by atoms with E-state index in [9.17, 15) is 4.79 Å². The van der Waals surface area contributed by atoms with Gasteiger partial charge in [-0.15, -0.1) is 0 Å². The SMILES string of the molecule is CCN1CCC(CNc2ncc(C(=O)O)c(C)n2)CC1. The standard InChI is InChI=1S/C14H22N4O2/c1-3-18-6-4-11(5-7-18)8-15-14-16-9-12(13(19)20)10(2)17-14/h9,11H,3-8H2,1-2H3,(H,19,20)(H,15,16,17). The van der Waals surface area contributed by atoms with Crippen molar-refractivity contribution in [3.8, 4) is 0 Å². The Hall–Kier alpha value is -1.69. The first kappa shape index (κ1) is 14.7. The van der Waals surface area contributed by atoms with Crippen LogP contribution >= 0.6 is 0 Å². The molecule has 0 aliphatic carbocycles. The molecule has 2 rings (SSSR count). The highest BCUT2D eigenvalue weighted by atomic mass is 16.4. The molecule has 0 atom stereocenters. The van der Waals surface area contributed by atoms with Gasteiger partial charge < -0.3 is 15.3 Å². The minimum atomic E-state index is -0.985. The van der Waals surface area contributed by atoms with Crippen molar-refractivity contribution in [2.24, 2.45) is 5.92 Å². The number of carboxylic acids is 1. The lowest BCUT2D eigenvalue weighted by molar-refractivity contribution is 0.0695. The fraction of sp³-hybridized carbons (Fsp3) is 0.643. The lowest BCUT2D eigenvalue weighted by atomic mass is 9.97. The van der Waals surface area contributed by atoms with Crippen molar-refractivity contribution >= 4 is 11.9 Å². The predicted octanol–water partition coefficient (Wildman–Crippen LogP) is 1.63. The Kier molecular flexibility index (Phi) is 4.89. The molecular weight excluding hydrogens is 256 g/mol. The second kappa shape index (κ2) is 6.65. The molecule has 0 unspecified atom stereocenters. The summed E-state index contributed by atoms with van der Waals surface area (Å²) < 4.78 is 0. The summed E-state index contributed by atoms with van der Waals surface area (Å²) in [4.78, 5) is 21.6. The van der Waals surface area contributed by atoms with Gasteiger partial charge in [-0.2, -0.15) is 0 Å². The molecule has 0 radical (unpaired) electrons. The number of nitrogens with one attached hydrogen (secondary N) is 1. The van der Waals surface area contributed by atoms with Crippen LogP contribution in [0.4, 0.5) is 5.95 Å². The van der Waals surface area contributed by atoms with Gasteiger partial charge in [-0.25, -0.2) is 14.8 Å². The fourth-order valence-electron chi connectivity index (χ4n) is 2.50. The van der Waals surface area contributed by atoms with Crippen LogP contribution in [-0.2, 0) is 0 Å². The molecule has 2 N–H and O–H groups in total. The van der Waals surface area contributed by atoms with Gasteiger partial charge in [0.15, 0.2) is 0 Å². The Balaban J connectivity index is 1.85. The van der Waals surface area contributed by atoms with E-state index in [1.54, 1.807) is 6.92 Å². The lowest BCUT2D eigenvalue weighted by Crippen LogP contribution is -2.35. The van der Waals surface area contributed by atoms with Crippen molar-refractivity contribution in [1.29, 1.82) is 0 Å². The molecular formula is C14H22N4O2. The summed E-state index contributed by atoms with van der Waals surface area (Å²) in [7, 11) is 0. The highest BCUT2D eigenvalue weighted by Gasteiger charge is 2.18. The van der Waals surface area contributed by atoms with E-state index in [-0.39, 0.29) is 5.56 Å². The smallest absolute Gasteiger partial charge is 0.339 e. The van der Waals surface area contributed by atoms with E-state index in [2.05, 4.69) is 27.1 Å². The van der Waals surface area contributed by atoms with Crippen molar-refractivity contribution in [3.05, 3.63) is 17.5 Å². The van der Waals surface area contributed by atoms with E-state index < -0.39 is 5.97 Å². The molecule has 6 nitrogen and oxygen atoms in total. The molecule has 1 aromatic rings. The summed E-state index contributed by atoms with van der Waals surface area (Å²) in [6.45, 7) is 8.17. The van der Waals surface area contributed by atoms with E-state index in [1.165, 1.54) is 19.0 Å². The number of carboxylic acid groups (broad SMARTS) is 1. The van der Waals surface area contributed by atoms with Crippen LogP contribution in [0.25, 0.3) is 0 Å². The van der Waals surface area contributed by atoms with Crippen molar-refractivity contribution in [1.82, 2.24) is 14.9 Å². The molecule has 0 aromatic carbocycles. The number of likely N-dealkylation sites (tertiary alicyclic amines) is 1. The topological polar surface area (TPSA) is 78.4 Å².